The fourth-order valence-corrected chi connectivity index (χ4v) is 1.63. The van der Waals surface area contributed by atoms with E-state index in [-0.39, 0.29) is 18.3 Å². The van der Waals surface area contributed by atoms with Crippen molar-refractivity contribution in [2.75, 3.05) is 6.54 Å². The Kier molecular flexibility index (Phi) is 4.52. The van der Waals surface area contributed by atoms with Gasteiger partial charge in [-0.15, -0.1) is 0 Å². The molecular formula is C17H14FNO. The predicted molar refractivity (Wildman–Crippen MR) is 76.8 cm³/mol. The summed E-state index contributed by atoms with van der Waals surface area (Å²) in [7, 11) is 0. The minimum atomic E-state index is -0.381. The Labute approximate surface area is 117 Å². The molecule has 0 aliphatic rings. The summed E-state index contributed by atoms with van der Waals surface area (Å²) in [6, 6.07) is 13.9. The molecule has 2 nitrogen and oxygen atoms in total. The van der Waals surface area contributed by atoms with Crippen LogP contribution in [-0.2, 0) is 0 Å². The van der Waals surface area contributed by atoms with Gasteiger partial charge in [0.15, 0.2) is 0 Å². The summed E-state index contributed by atoms with van der Waals surface area (Å²) in [6.45, 7) is 1.88. The van der Waals surface area contributed by atoms with Gasteiger partial charge in [0.05, 0.1) is 6.54 Å². The zero-order valence-corrected chi connectivity index (χ0v) is 11.1. The van der Waals surface area contributed by atoms with E-state index in [1.54, 1.807) is 19.1 Å². The summed E-state index contributed by atoms with van der Waals surface area (Å²) in [5, 5.41) is 2.64. The third-order valence-electron chi connectivity index (χ3n) is 2.78. The molecule has 2 rings (SSSR count). The van der Waals surface area contributed by atoms with E-state index in [4.69, 9.17) is 0 Å². The Morgan fingerprint density at radius 2 is 1.95 bits per heavy atom. The number of aryl methyl sites for hydroxylation is 1. The van der Waals surface area contributed by atoms with Crippen molar-refractivity contribution in [2.24, 2.45) is 0 Å². The highest BCUT2D eigenvalue weighted by molar-refractivity contribution is 5.94. The Hall–Kier alpha value is -2.60. The lowest BCUT2D eigenvalue weighted by Gasteiger charge is -2.02. The fraction of sp³-hybridized carbons (Fsp3) is 0.118. The number of hydrogen-bond donors (Lipinski definition) is 1. The fourth-order valence-electron chi connectivity index (χ4n) is 1.63. The van der Waals surface area contributed by atoms with Gasteiger partial charge in [0.1, 0.15) is 5.82 Å². The monoisotopic (exact) mass is 267 g/mol. The molecule has 20 heavy (non-hydrogen) atoms. The molecule has 100 valence electrons. The molecule has 0 bridgehead atoms. The van der Waals surface area contributed by atoms with Crippen LogP contribution in [-0.4, -0.2) is 12.5 Å². The Morgan fingerprint density at radius 1 is 1.20 bits per heavy atom. The third kappa shape index (κ3) is 3.69. The quantitative estimate of drug-likeness (QED) is 0.833. The van der Waals surface area contributed by atoms with Gasteiger partial charge in [-0.05, 0) is 36.8 Å². The van der Waals surface area contributed by atoms with Gasteiger partial charge in [-0.25, -0.2) is 4.39 Å². The van der Waals surface area contributed by atoms with Crippen LogP contribution in [0, 0.1) is 24.6 Å². The van der Waals surface area contributed by atoms with Gasteiger partial charge in [-0.1, -0.05) is 36.1 Å². The van der Waals surface area contributed by atoms with Crippen molar-refractivity contribution in [2.45, 2.75) is 6.92 Å². The number of amides is 1. The highest BCUT2D eigenvalue weighted by Gasteiger charge is 2.06. The summed E-state index contributed by atoms with van der Waals surface area (Å²) in [5.41, 5.74) is 1.71. The van der Waals surface area contributed by atoms with Gasteiger partial charge in [-0.3, -0.25) is 4.79 Å². The topological polar surface area (TPSA) is 29.1 Å². The first-order chi connectivity index (χ1) is 9.66. The van der Waals surface area contributed by atoms with Crippen molar-refractivity contribution in [3.63, 3.8) is 0 Å². The molecule has 0 unspecified atom stereocenters. The molecule has 2 aromatic carbocycles. The minimum Gasteiger partial charge on any atom is -0.341 e. The zero-order valence-electron chi connectivity index (χ0n) is 11.1. The van der Waals surface area contributed by atoms with E-state index in [1.807, 2.05) is 30.3 Å². The van der Waals surface area contributed by atoms with Crippen molar-refractivity contribution < 1.29 is 9.18 Å². The lowest BCUT2D eigenvalue weighted by molar-refractivity contribution is 0.0958. The van der Waals surface area contributed by atoms with Crippen LogP contribution in [0.15, 0.2) is 48.5 Å². The highest BCUT2D eigenvalue weighted by atomic mass is 19.1. The van der Waals surface area contributed by atoms with Crippen molar-refractivity contribution >= 4 is 5.91 Å². The van der Waals surface area contributed by atoms with E-state index in [0.717, 1.165) is 5.56 Å². The largest absolute Gasteiger partial charge is 0.341 e. The molecule has 3 heteroatoms. The Bertz CT molecular complexity index is 668. The van der Waals surface area contributed by atoms with Crippen LogP contribution in [0.4, 0.5) is 4.39 Å². The van der Waals surface area contributed by atoms with E-state index in [2.05, 4.69) is 17.2 Å². The van der Waals surface area contributed by atoms with Crippen LogP contribution in [0.1, 0.15) is 21.5 Å². The van der Waals surface area contributed by atoms with Crippen molar-refractivity contribution in [3.05, 3.63) is 71.0 Å². The summed E-state index contributed by atoms with van der Waals surface area (Å²) < 4.78 is 13.3. The molecule has 0 aliphatic heterocycles. The number of carbonyl (C=O) groups excluding carboxylic acids is 1. The summed E-state index contributed by atoms with van der Waals surface area (Å²) >= 11 is 0. The van der Waals surface area contributed by atoms with Crippen LogP contribution in [0.5, 0.6) is 0 Å². The molecule has 0 aromatic heterocycles. The number of nitrogens with one attached hydrogen (secondary N) is 1. The van der Waals surface area contributed by atoms with Crippen LogP contribution < -0.4 is 5.32 Å². The zero-order chi connectivity index (χ0) is 14.4. The van der Waals surface area contributed by atoms with Gasteiger partial charge in [0.2, 0.25) is 0 Å². The number of rotatable bonds is 2. The number of hydrogen-bond acceptors (Lipinski definition) is 1. The molecule has 0 fully saturated rings. The second-order valence-electron chi connectivity index (χ2n) is 4.31. The average Bonchev–Trinajstić information content (AvgIpc) is 2.47. The maximum atomic E-state index is 13.3. The Morgan fingerprint density at radius 3 is 2.65 bits per heavy atom. The van der Waals surface area contributed by atoms with Gasteiger partial charge in [0.25, 0.3) is 5.91 Å². The summed E-state index contributed by atoms with van der Waals surface area (Å²) in [6.07, 6.45) is 0. The highest BCUT2D eigenvalue weighted by Crippen LogP contribution is 2.08. The van der Waals surface area contributed by atoms with E-state index < -0.39 is 0 Å². The molecule has 0 spiro atoms. The standard InChI is InChI=1S/C17H14FNO/c1-13-9-10-15(12-16(13)18)17(20)19-11-5-8-14-6-3-2-4-7-14/h2-4,6-7,9-10,12H,11H2,1H3,(H,19,20). The minimum absolute atomic E-state index is 0.225. The maximum Gasteiger partial charge on any atom is 0.252 e. The average molecular weight is 267 g/mol. The summed E-state index contributed by atoms with van der Waals surface area (Å²) in [5.74, 6) is 5.08. The molecule has 0 saturated heterocycles. The molecule has 1 N–H and O–H groups in total. The van der Waals surface area contributed by atoms with Crippen LogP contribution >= 0.6 is 0 Å². The second kappa shape index (κ2) is 6.53. The molecule has 0 saturated carbocycles. The molecule has 0 radical (unpaired) electrons. The first kappa shape index (κ1) is 13.8. The molecule has 0 atom stereocenters. The van der Waals surface area contributed by atoms with Crippen molar-refractivity contribution in [1.29, 1.82) is 0 Å². The lowest BCUT2D eigenvalue weighted by atomic mass is 10.1. The van der Waals surface area contributed by atoms with E-state index in [9.17, 15) is 9.18 Å². The van der Waals surface area contributed by atoms with Gasteiger partial charge < -0.3 is 5.32 Å². The van der Waals surface area contributed by atoms with Gasteiger partial charge in [-0.2, -0.15) is 0 Å². The van der Waals surface area contributed by atoms with Gasteiger partial charge in [0, 0.05) is 11.1 Å². The third-order valence-corrected chi connectivity index (χ3v) is 2.78. The lowest BCUT2D eigenvalue weighted by Crippen LogP contribution is -2.23. The molecular weight excluding hydrogens is 253 g/mol. The number of benzene rings is 2. The van der Waals surface area contributed by atoms with Crippen molar-refractivity contribution in [1.82, 2.24) is 5.32 Å². The van der Waals surface area contributed by atoms with E-state index in [0.29, 0.717) is 11.1 Å². The summed E-state index contributed by atoms with van der Waals surface area (Å²) in [4.78, 5) is 11.8. The normalized spacial score (nSPS) is 9.50. The Balaban J connectivity index is 1.93. The molecule has 2 aromatic rings. The first-order valence-corrected chi connectivity index (χ1v) is 6.25. The van der Waals surface area contributed by atoms with E-state index >= 15 is 0 Å². The predicted octanol–water partition coefficient (Wildman–Crippen LogP) is 2.92. The number of halogens is 1. The van der Waals surface area contributed by atoms with Crippen molar-refractivity contribution in [3.8, 4) is 11.8 Å². The van der Waals surface area contributed by atoms with Crippen LogP contribution in [0.3, 0.4) is 0 Å². The van der Waals surface area contributed by atoms with Crippen LogP contribution in [0.25, 0.3) is 0 Å². The van der Waals surface area contributed by atoms with Crippen LogP contribution in [0.2, 0.25) is 0 Å². The molecule has 0 heterocycles. The maximum absolute atomic E-state index is 13.3. The van der Waals surface area contributed by atoms with E-state index in [1.165, 1.54) is 6.07 Å². The van der Waals surface area contributed by atoms with Gasteiger partial charge >= 0.3 is 0 Å². The SMILES string of the molecule is Cc1ccc(C(=O)NCC#Cc2ccccc2)cc1F. The smallest absolute Gasteiger partial charge is 0.252 e. The first-order valence-electron chi connectivity index (χ1n) is 6.25. The molecule has 1 amide bonds. The number of carbonyl (C=O) groups is 1. The second-order valence-corrected chi connectivity index (χ2v) is 4.31. The molecule has 0 aliphatic carbocycles.